The summed E-state index contributed by atoms with van der Waals surface area (Å²) in [6.07, 6.45) is 4.05. The summed E-state index contributed by atoms with van der Waals surface area (Å²) in [7, 11) is 3.42. The summed E-state index contributed by atoms with van der Waals surface area (Å²) in [6, 6.07) is 0. The smallest absolute Gasteiger partial charge is 0.134 e. The van der Waals surface area contributed by atoms with E-state index in [1.165, 1.54) is 0 Å². The third-order valence-electron chi connectivity index (χ3n) is 2.81. The van der Waals surface area contributed by atoms with Gasteiger partial charge in [0.1, 0.15) is 5.78 Å². The fourth-order valence-electron chi connectivity index (χ4n) is 1.86. The highest BCUT2D eigenvalue weighted by Crippen LogP contribution is 2.36. The van der Waals surface area contributed by atoms with Crippen LogP contribution in [0.1, 0.15) is 26.2 Å². The van der Waals surface area contributed by atoms with Gasteiger partial charge in [0.25, 0.3) is 0 Å². The van der Waals surface area contributed by atoms with Gasteiger partial charge in [0.15, 0.2) is 0 Å². The van der Waals surface area contributed by atoms with E-state index >= 15 is 0 Å². The summed E-state index contributed by atoms with van der Waals surface area (Å²) >= 11 is 0. The molecule has 1 aliphatic rings. The number of hydrogen-bond donors (Lipinski definition) is 1. The van der Waals surface area contributed by atoms with Crippen LogP contribution in [0.4, 0.5) is 0 Å². The van der Waals surface area contributed by atoms with Gasteiger partial charge in [0.2, 0.25) is 0 Å². The van der Waals surface area contributed by atoms with E-state index < -0.39 is 0 Å². The van der Waals surface area contributed by atoms with Crippen LogP contribution in [0.3, 0.4) is 0 Å². The van der Waals surface area contributed by atoms with E-state index in [4.69, 9.17) is 0 Å². The molecule has 3 unspecified atom stereocenters. The third kappa shape index (κ3) is 3.48. The van der Waals surface area contributed by atoms with Crippen LogP contribution < -0.4 is 0 Å². The lowest BCUT2D eigenvalue weighted by molar-refractivity contribution is -0.124. The average Bonchev–Trinajstić information content (AvgIpc) is 2.17. The number of aliphatic hydroxyl groups is 1. The Morgan fingerprint density at radius 2 is 2.29 bits per heavy atom. The summed E-state index contributed by atoms with van der Waals surface area (Å²) in [6.45, 7) is 2.04. The molecule has 14 heavy (non-hydrogen) atoms. The fraction of sp³-hybridized carbons (Fsp3) is 0.900. The molecule has 0 amide bonds. The molecule has 0 aromatic rings. The zero-order valence-corrected chi connectivity index (χ0v) is 10.4. The molecule has 0 aliphatic heterocycles. The Bertz CT molecular complexity index is 197. The molecule has 1 aliphatic carbocycles. The maximum atomic E-state index is 11.4. The van der Waals surface area contributed by atoms with Crippen molar-refractivity contribution in [3.05, 3.63) is 0 Å². The Labute approximate surface area is 93.6 Å². The van der Waals surface area contributed by atoms with Crippen LogP contribution >= 0.6 is 21.6 Å². The van der Waals surface area contributed by atoms with Gasteiger partial charge in [-0.25, -0.2) is 0 Å². The van der Waals surface area contributed by atoms with Gasteiger partial charge in [-0.2, -0.15) is 0 Å². The molecule has 2 nitrogen and oxygen atoms in total. The molecule has 0 radical (unpaired) electrons. The molecule has 82 valence electrons. The maximum absolute atomic E-state index is 11.4. The monoisotopic (exact) mass is 234 g/mol. The van der Waals surface area contributed by atoms with Gasteiger partial charge in [-0.3, -0.25) is 4.79 Å². The molecular weight excluding hydrogens is 216 g/mol. The van der Waals surface area contributed by atoms with Crippen molar-refractivity contribution in [1.82, 2.24) is 0 Å². The van der Waals surface area contributed by atoms with Crippen molar-refractivity contribution < 1.29 is 9.90 Å². The zero-order chi connectivity index (χ0) is 10.6. The first-order valence-electron chi connectivity index (χ1n) is 5.00. The minimum Gasteiger partial charge on any atom is -0.393 e. The van der Waals surface area contributed by atoms with Crippen molar-refractivity contribution in [2.45, 2.75) is 32.3 Å². The minimum atomic E-state index is -0.229. The van der Waals surface area contributed by atoms with Crippen LogP contribution in [0.25, 0.3) is 0 Å². The summed E-state index contributed by atoms with van der Waals surface area (Å²) in [5, 5.41) is 9.54. The van der Waals surface area contributed by atoms with Gasteiger partial charge in [0.05, 0.1) is 6.10 Å². The quantitative estimate of drug-likeness (QED) is 0.565. The zero-order valence-electron chi connectivity index (χ0n) is 8.73. The molecule has 0 aromatic heterocycles. The van der Waals surface area contributed by atoms with E-state index in [0.29, 0.717) is 24.5 Å². The van der Waals surface area contributed by atoms with Crippen LogP contribution in [-0.4, -0.2) is 29.0 Å². The SMILES string of the molecule is CSSCCC(=O)CC1CC(C)C1O. The molecule has 0 bridgehead atoms. The van der Waals surface area contributed by atoms with Crippen LogP contribution in [-0.2, 0) is 4.79 Å². The minimum absolute atomic E-state index is 0.229. The van der Waals surface area contributed by atoms with Crippen LogP contribution in [0.2, 0.25) is 0 Å². The van der Waals surface area contributed by atoms with Gasteiger partial charge < -0.3 is 5.11 Å². The Morgan fingerprint density at radius 1 is 1.57 bits per heavy atom. The first-order valence-corrected chi connectivity index (χ1v) is 7.73. The van der Waals surface area contributed by atoms with Crippen molar-refractivity contribution >= 4 is 27.4 Å². The lowest BCUT2D eigenvalue weighted by Crippen LogP contribution is -2.41. The van der Waals surface area contributed by atoms with Crippen molar-refractivity contribution in [1.29, 1.82) is 0 Å². The summed E-state index contributed by atoms with van der Waals surface area (Å²) in [5.74, 6) is 1.85. The molecule has 1 rings (SSSR count). The molecule has 3 atom stereocenters. The fourth-order valence-corrected chi connectivity index (χ4v) is 3.09. The van der Waals surface area contributed by atoms with Gasteiger partial charge in [-0.15, -0.1) is 0 Å². The normalized spacial score (nSPS) is 31.2. The van der Waals surface area contributed by atoms with Gasteiger partial charge in [0, 0.05) is 18.6 Å². The largest absolute Gasteiger partial charge is 0.393 e. The number of rotatable bonds is 6. The summed E-state index contributed by atoms with van der Waals surface area (Å²) in [4.78, 5) is 11.4. The predicted molar refractivity (Wildman–Crippen MR) is 63.5 cm³/mol. The topological polar surface area (TPSA) is 37.3 Å². The lowest BCUT2D eigenvalue weighted by Gasteiger charge is -2.38. The highest BCUT2D eigenvalue weighted by Gasteiger charge is 2.37. The van der Waals surface area contributed by atoms with E-state index in [1.807, 2.05) is 13.2 Å². The molecule has 0 heterocycles. The number of Topliss-reactive ketones (excluding diaryl/α,β-unsaturated/α-hetero) is 1. The molecule has 0 aromatic carbocycles. The highest BCUT2D eigenvalue weighted by atomic mass is 33.1. The molecule has 0 saturated heterocycles. The van der Waals surface area contributed by atoms with Crippen molar-refractivity contribution in [3.63, 3.8) is 0 Å². The molecular formula is C10H18O2S2. The standard InChI is InChI=1S/C10H18O2S2/c1-7-5-8(10(7)12)6-9(11)3-4-14-13-2/h7-8,10,12H,3-6H2,1-2H3. The van der Waals surface area contributed by atoms with Crippen LogP contribution in [0.5, 0.6) is 0 Å². The van der Waals surface area contributed by atoms with E-state index in [-0.39, 0.29) is 12.0 Å². The van der Waals surface area contributed by atoms with Crippen molar-refractivity contribution in [2.75, 3.05) is 12.0 Å². The van der Waals surface area contributed by atoms with E-state index in [0.717, 1.165) is 12.2 Å². The Kier molecular flexibility index (Phi) is 5.34. The Morgan fingerprint density at radius 3 is 2.79 bits per heavy atom. The molecule has 1 N–H and O–H groups in total. The summed E-state index contributed by atoms with van der Waals surface area (Å²) < 4.78 is 0. The number of hydrogen-bond acceptors (Lipinski definition) is 4. The van der Waals surface area contributed by atoms with E-state index in [2.05, 4.69) is 0 Å². The second-order valence-electron chi connectivity index (χ2n) is 3.95. The Hall–Kier alpha value is 0.330. The van der Waals surface area contributed by atoms with Crippen molar-refractivity contribution in [3.8, 4) is 0 Å². The molecule has 0 spiro atoms. The maximum Gasteiger partial charge on any atom is 0.134 e. The lowest BCUT2D eigenvalue weighted by atomic mass is 9.70. The molecule has 1 fully saturated rings. The summed E-state index contributed by atoms with van der Waals surface area (Å²) in [5.41, 5.74) is 0. The molecule has 4 heteroatoms. The third-order valence-corrected chi connectivity index (χ3v) is 4.63. The van der Waals surface area contributed by atoms with Gasteiger partial charge in [-0.05, 0) is 24.5 Å². The first-order chi connectivity index (χ1) is 6.65. The van der Waals surface area contributed by atoms with Gasteiger partial charge >= 0.3 is 0 Å². The van der Waals surface area contributed by atoms with Crippen LogP contribution in [0, 0.1) is 11.8 Å². The van der Waals surface area contributed by atoms with Crippen LogP contribution in [0.15, 0.2) is 0 Å². The highest BCUT2D eigenvalue weighted by molar-refractivity contribution is 8.76. The second-order valence-corrected chi connectivity index (χ2v) is 6.63. The average molecular weight is 234 g/mol. The predicted octanol–water partition coefficient (Wildman–Crippen LogP) is 2.36. The Balaban J connectivity index is 2.09. The first kappa shape index (κ1) is 12.4. The second kappa shape index (κ2) is 6.03. The van der Waals surface area contributed by atoms with E-state index in [1.54, 1.807) is 21.6 Å². The van der Waals surface area contributed by atoms with Crippen molar-refractivity contribution in [2.24, 2.45) is 11.8 Å². The number of carbonyl (C=O) groups is 1. The molecule has 1 saturated carbocycles. The number of ketones is 1. The number of carbonyl (C=O) groups excluding carboxylic acids is 1. The van der Waals surface area contributed by atoms with Gasteiger partial charge in [-0.1, -0.05) is 28.5 Å². The number of aliphatic hydroxyl groups excluding tert-OH is 1. The van der Waals surface area contributed by atoms with E-state index in [9.17, 15) is 9.90 Å².